The lowest BCUT2D eigenvalue weighted by molar-refractivity contribution is -0.111. The maximum Gasteiger partial charge on any atom is 0.248 e. The standard InChI is InChI=1S/C26H17Cl2N3O2/c27-18-13-17(14-19(28)15-18)24-11-9-21(33-24)10-12-25(32)29-20-7-5-16(6-8-20)26-30-22-3-1-2-4-23(22)31-26/h1-15H,(H,29,32)(H,30,31)/b12-10+. The molecule has 5 rings (SSSR count). The van der Waals surface area contributed by atoms with Crippen LogP contribution in [0.1, 0.15) is 5.76 Å². The van der Waals surface area contributed by atoms with Gasteiger partial charge in [0.1, 0.15) is 17.3 Å². The Bertz CT molecular complexity index is 1430. The average Bonchev–Trinajstić information content (AvgIpc) is 3.45. The van der Waals surface area contributed by atoms with Gasteiger partial charge < -0.3 is 14.7 Å². The molecule has 0 aliphatic heterocycles. The molecule has 0 spiro atoms. The van der Waals surface area contributed by atoms with Crippen LogP contribution in [-0.2, 0) is 4.79 Å². The highest BCUT2D eigenvalue weighted by Crippen LogP contribution is 2.29. The monoisotopic (exact) mass is 473 g/mol. The smallest absolute Gasteiger partial charge is 0.248 e. The summed E-state index contributed by atoms with van der Waals surface area (Å²) in [5.74, 6) is 1.66. The Morgan fingerprint density at radius 3 is 2.42 bits per heavy atom. The number of hydrogen-bond donors (Lipinski definition) is 2. The second-order valence-corrected chi connectivity index (χ2v) is 8.24. The van der Waals surface area contributed by atoms with Crippen LogP contribution in [0.15, 0.2) is 89.4 Å². The molecule has 1 amide bonds. The number of nitrogens with zero attached hydrogens (tertiary/aromatic N) is 1. The van der Waals surface area contributed by atoms with Gasteiger partial charge >= 0.3 is 0 Å². The Morgan fingerprint density at radius 2 is 1.67 bits per heavy atom. The molecule has 162 valence electrons. The minimum atomic E-state index is -0.268. The minimum absolute atomic E-state index is 0.268. The number of anilines is 1. The van der Waals surface area contributed by atoms with Gasteiger partial charge in [0.25, 0.3) is 0 Å². The van der Waals surface area contributed by atoms with Crippen LogP contribution in [0.3, 0.4) is 0 Å². The first-order valence-corrected chi connectivity index (χ1v) is 10.9. The second-order valence-electron chi connectivity index (χ2n) is 7.36. The van der Waals surface area contributed by atoms with Gasteiger partial charge in [0, 0.05) is 32.9 Å². The van der Waals surface area contributed by atoms with E-state index in [0.29, 0.717) is 27.3 Å². The number of carbonyl (C=O) groups excluding carboxylic acids is 1. The number of hydrogen-bond acceptors (Lipinski definition) is 3. The number of imidazole rings is 1. The lowest BCUT2D eigenvalue weighted by Gasteiger charge is -2.03. The fraction of sp³-hybridized carbons (Fsp3) is 0. The van der Waals surface area contributed by atoms with E-state index >= 15 is 0 Å². The zero-order chi connectivity index (χ0) is 22.8. The van der Waals surface area contributed by atoms with Gasteiger partial charge in [-0.2, -0.15) is 0 Å². The Kier molecular flexibility index (Phi) is 5.73. The van der Waals surface area contributed by atoms with Crippen LogP contribution in [0.2, 0.25) is 10.0 Å². The predicted octanol–water partition coefficient (Wildman–Crippen LogP) is 7.45. The number of aromatic amines is 1. The SMILES string of the molecule is O=C(/C=C/c1ccc(-c2cc(Cl)cc(Cl)c2)o1)Nc1ccc(-c2nc3ccccc3[nH]2)cc1. The third kappa shape index (κ3) is 4.85. The molecule has 0 bridgehead atoms. The van der Waals surface area contributed by atoms with Gasteiger partial charge in [0.2, 0.25) is 5.91 Å². The molecule has 2 N–H and O–H groups in total. The molecule has 0 saturated carbocycles. The number of para-hydroxylation sites is 2. The van der Waals surface area contributed by atoms with Gasteiger partial charge in [-0.1, -0.05) is 35.3 Å². The maximum atomic E-state index is 12.3. The van der Waals surface area contributed by atoms with Crippen molar-refractivity contribution in [1.82, 2.24) is 9.97 Å². The summed E-state index contributed by atoms with van der Waals surface area (Å²) >= 11 is 12.1. The van der Waals surface area contributed by atoms with E-state index < -0.39 is 0 Å². The third-order valence-corrected chi connectivity index (χ3v) is 5.42. The van der Waals surface area contributed by atoms with Crippen LogP contribution < -0.4 is 5.32 Å². The molecule has 5 aromatic rings. The first kappa shape index (κ1) is 21.1. The number of benzene rings is 3. The van der Waals surface area contributed by atoms with Gasteiger partial charge in [-0.3, -0.25) is 4.79 Å². The first-order valence-electron chi connectivity index (χ1n) is 10.1. The summed E-state index contributed by atoms with van der Waals surface area (Å²) in [4.78, 5) is 20.2. The molecule has 0 aliphatic rings. The van der Waals surface area contributed by atoms with Crippen LogP contribution in [-0.4, -0.2) is 15.9 Å². The molecule has 7 heteroatoms. The van der Waals surface area contributed by atoms with Crippen LogP contribution >= 0.6 is 23.2 Å². The molecule has 0 unspecified atom stereocenters. The highest BCUT2D eigenvalue weighted by atomic mass is 35.5. The van der Waals surface area contributed by atoms with Gasteiger partial charge in [0.15, 0.2) is 0 Å². The second kappa shape index (κ2) is 8.98. The van der Waals surface area contributed by atoms with Gasteiger partial charge in [-0.05, 0) is 72.8 Å². The molecule has 2 aromatic heterocycles. The van der Waals surface area contributed by atoms with Gasteiger partial charge in [-0.25, -0.2) is 4.98 Å². The molecule has 0 radical (unpaired) electrons. The number of H-pyrrole nitrogens is 1. The summed E-state index contributed by atoms with van der Waals surface area (Å²) in [6, 6.07) is 24.1. The molecule has 0 saturated heterocycles. The third-order valence-electron chi connectivity index (χ3n) is 4.99. The van der Waals surface area contributed by atoms with E-state index in [4.69, 9.17) is 27.6 Å². The zero-order valence-corrected chi connectivity index (χ0v) is 18.7. The summed E-state index contributed by atoms with van der Waals surface area (Å²) in [6.45, 7) is 0. The van der Waals surface area contributed by atoms with Crippen molar-refractivity contribution in [1.29, 1.82) is 0 Å². The van der Waals surface area contributed by atoms with Crippen molar-refractivity contribution in [3.8, 4) is 22.7 Å². The summed E-state index contributed by atoms with van der Waals surface area (Å²) in [6.07, 6.45) is 3.02. The molecule has 3 aromatic carbocycles. The number of rotatable bonds is 5. The van der Waals surface area contributed by atoms with E-state index in [0.717, 1.165) is 28.0 Å². The average molecular weight is 474 g/mol. The largest absolute Gasteiger partial charge is 0.457 e. The van der Waals surface area contributed by atoms with Crippen LogP contribution in [0.5, 0.6) is 0 Å². The number of furan rings is 1. The van der Waals surface area contributed by atoms with E-state index in [1.165, 1.54) is 6.08 Å². The normalized spacial score (nSPS) is 11.3. The first-order chi connectivity index (χ1) is 16.0. The molecular formula is C26H17Cl2N3O2. The van der Waals surface area contributed by atoms with Crippen molar-refractivity contribution < 1.29 is 9.21 Å². The van der Waals surface area contributed by atoms with Crippen molar-refractivity contribution in [2.24, 2.45) is 0 Å². The van der Waals surface area contributed by atoms with Crippen molar-refractivity contribution in [2.75, 3.05) is 5.32 Å². The lowest BCUT2D eigenvalue weighted by atomic mass is 10.2. The number of fused-ring (bicyclic) bond motifs is 1. The summed E-state index contributed by atoms with van der Waals surface area (Å²) < 4.78 is 5.78. The number of carbonyl (C=O) groups is 1. The lowest BCUT2D eigenvalue weighted by Crippen LogP contribution is -2.07. The van der Waals surface area contributed by atoms with Crippen molar-refractivity contribution >= 4 is 51.9 Å². The number of halogens is 2. The van der Waals surface area contributed by atoms with Crippen molar-refractivity contribution in [2.45, 2.75) is 0 Å². The van der Waals surface area contributed by atoms with E-state index in [1.54, 1.807) is 36.4 Å². The van der Waals surface area contributed by atoms with E-state index in [2.05, 4.69) is 15.3 Å². The molecule has 2 heterocycles. The van der Waals surface area contributed by atoms with Crippen molar-refractivity contribution in [3.63, 3.8) is 0 Å². The highest BCUT2D eigenvalue weighted by molar-refractivity contribution is 6.35. The Labute approximate surface area is 199 Å². The topological polar surface area (TPSA) is 70.9 Å². The molecule has 0 aliphatic carbocycles. The maximum absolute atomic E-state index is 12.3. The van der Waals surface area contributed by atoms with Crippen LogP contribution in [0.25, 0.3) is 39.8 Å². The Morgan fingerprint density at radius 1 is 0.909 bits per heavy atom. The fourth-order valence-corrected chi connectivity index (χ4v) is 3.96. The summed E-state index contributed by atoms with van der Waals surface area (Å²) in [5, 5.41) is 3.89. The predicted molar refractivity (Wildman–Crippen MR) is 133 cm³/mol. The van der Waals surface area contributed by atoms with Crippen molar-refractivity contribution in [3.05, 3.63) is 101 Å². The Hall–Kier alpha value is -3.80. The van der Waals surface area contributed by atoms with Gasteiger partial charge in [-0.15, -0.1) is 0 Å². The molecule has 33 heavy (non-hydrogen) atoms. The Balaban J connectivity index is 1.24. The van der Waals surface area contributed by atoms with Crippen LogP contribution in [0.4, 0.5) is 5.69 Å². The number of aromatic nitrogens is 2. The van der Waals surface area contributed by atoms with E-state index in [1.807, 2.05) is 48.5 Å². The molecule has 0 atom stereocenters. The van der Waals surface area contributed by atoms with E-state index in [9.17, 15) is 4.79 Å². The van der Waals surface area contributed by atoms with Crippen LogP contribution in [0, 0.1) is 0 Å². The summed E-state index contributed by atoms with van der Waals surface area (Å²) in [7, 11) is 0. The quantitative estimate of drug-likeness (QED) is 0.260. The number of amides is 1. The molecular weight excluding hydrogens is 457 g/mol. The summed E-state index contributed by atoms with van der Waals surface area (Å²) in [5.41, 5.74) is 4.27. The zero-order valence-electron chi connectivity index (χ0n) is 17.2. The highest BCUT2D eigenvalue weighted by Gasteiger charge is 2.07. The fourth-order valence-electron chi connectivity index (χ4n) is 3.44. The van der Waals surface area contributed by atoms with Gasteiger partial charge in [0.05, 0.1) is 11.0 Å². The minimum Gasteiger partial charge on any atom is -0.457 e. The molecule has 5 nitrogen and oxygen atoms in total. The number of nitrogens with one attached hydrogen (secondary N) is 2. The molecule has 0 fully saturated rings. The van der Waals surface area contributed by atoms with E-state index in [-0.39, 0.29) is 5.91 Å².